The van der Waals surface area contributed by atoms with Crippen LogP contribution in [0.5, 0.6) is 0 Å². The van der Waals surface area contributed by atoms with Crippen molar-refractivity contribution in [2.24, 2.45) is 16.2 Å². The Morgan fingerprint density at radius 2 is 1.52 bits per heavy atom. The number of thioether (sulfide) groups is 1. The molecule has 1 unspecified atom stereocenters. The van der Waals surface area contributed by atoms with E-state index in [0.717, 1.165) is 12.8 Å². The molecule has 2 rings (SSSR count). The molecule has 0 N–H and O–H groups in total. The zero-order chi connectivity index (χ0) is 20.0. The molecule has 0 bridgehead atoms. The minimum atomic E-state index is 0. The summed E-state index contributed by atoms with van der Waals surface area (Å²) in [6.45, 7) is 23.7. The van der Waals surface area contributed by atoms with Gasteiger partial charge in [-0.3, -0.25) is 6.08 Å². The minimum absolute atomic E-state index is 0. The van der Waals surface area contributed by atoms with Crippen molar-refractivity contribution in [1.29, 1.82) is 0 Å². The first-order valence-electron chi connectivity index (χ1n) is 10.1. The maximum absolute atomic E-state index is 3.65. The van der Waals surface area contributed by atoms with Crippen LogP contribution in [-0.2, 0) is 21.7 Å². The summed E-state index contributed by atoms with van der Waals surface area (Å²) in [5.74, 6) is 0. The second kappa shape index (κ2) is 11.0. The van der Waals surface area contributed by atoms with Gasteiger partial charge >= 0.3 is 21.7 Å². The Morgan fingerprint density at radius 3 is 1.90 bits per heavy atom. The molecular formula is C25H39Cl2STi. The Morgan fingerprint density at radius 1 is 0.966 bits per heavy atom. The minimum Gasteiger partial charge on any atom is -1.00 e. The quantitative estimate of drug-likeness (QED) is 0.429. The molecule has 0 nitrogen and oxygen atoms in total. The van der Waals surface area contributed by atoms with E-state index in [1.165, 1.54) is 11.1 Å². The van der Waals surface area contributed by atoms with Gasteiger partial charge in [0.1, 0.15) is 0 Å². The molecule has 0 fully saturated rings. The van der Waals surface area contributed by atoms with E-state index in [0.29, 0.717) is 5.25 Å². The topological polar surface area (TPSA) is 0 Å². The molecule has 0 saturated carbocycles. The van der Waals surface area contributed by atoms with E-state index in [-0.39, 0.29) is 67.5 Å². The molecule has 0 aromatic carbocycles. The SMILES string of the molecule is CC(C)SC1(C(C)(C)C2=[C-]CC=C2)CC=C(C(C)(C)C)C=C1C(C)(C)C.[Cl-].[Cl-].[Ti+3]. The van der Waals surface area contributed by atoms with Crippen LogP contribution in [0, 0.1) is 22.3 Å². The molecule has 0 aromatic heterocycles. The van der Waals surface area contributed by atoms with E-state index in [1.54, 1.807) is 5.57 Å². The van der Waals surface area contributed by atoms with Gasteiger partial charge in [-0.1, -0.05) is 81.4 Å². The summed E-state index contributed by atoms with van der Waals surface area (Å²) < 4.78 is 0.0607. The summed E-state index contributed by atoms with van der Waals surface area (Å²) in [4.78, 5) is 0. The van der Waals surface area contributed by atoms with Gasteiger partial charge in [-0.2, -0.15) is 6.08 Å². The molecule has 0 heterocycles. The normalized spacial score (nSPS) is 22.1. The van der Waals surface area contributed by atoms with E-state index in [2.05, 4.69) is 111 Å². The first kappa shape index (κ1) is 31.8. The number of hydrogen-bond donors (Lipinski definition) is 0. The Hall–Kier alpha value is 0.604. The van der Waals surface area contributed by atoms with Crippen LogP contribution in [0.15, 0.2) is 41.0 Å². The predicted octanol–water partition coefficient (Wildman–Crippen LogP) is 1.94. The summed E-state index contributed by atoms with van der Waals surface area (Å²) >= 11 is 2.16. The van der Waals surface area contributed by atoms with Crippen LogP contribution in [0.4, 0.5) is 0 Å². The zero-order valence-corrected chi connectivity index (χ0v) is 23.9. The van der Waals surface area contributed by atoms with Crippen molar-refractivity contribution in [3.05, 3.63) is 47.1 Å². The fraction of sp³-hybridized carbons (Fsp3) is 0.680. The smallest absolute Gasteiger partial charge is 1.00 e. The molecule has 0 amide bonds. The Bertz CT molecular complexity index is 670. The van der Waals surface area contributed by atoms with E-state index in [4.69, 9.17) is 0 Å². The third kappa shape index (κ3) is 6.55. The van der Waals surface area contributed by atoms with Crippen molar-refractivity contribution >= 4 is 11.8 Å². The molecular weight excluding hydrogens is 451 g/mol. The van der Waals surface area contributed by atoms with Gasteiger partial charge in [0.2, 0.25) is 0 Å². The molecule has 2 aliphatic rings. The maximum Gasteiger partial charge on any atom is 3.00 e. The molecule has 1 atom stereocenters. The van der Waals surface area contributed by atoms with Crippen molar-refractivity contribution < 1.29 is 46.5 Å². The second-order valence-electron chi connectivity index (χ2n) is 10.7. The van der Waals surface area contributed by atoms with Crippen molar-refractivity contribution in [2.45, 2.75) is 92.1 Å². The summed E-state index contributed by atoms with van der Waals surface area (Å²) in [6.07, 6.45) is 15.3. The second-order valence-corrected chi connectivity index (χ2v) is 12.6. The maximum atomic E-state index is 3.65. The van der Waals surface area contributed by atoms with Crippen molar-refractivity contribution in [3.63, 3.8) is 0 Å². The number of hydrogen-bond acceptors (Lipinski definition) is 1. The van der Waals surface area contributed by atoms with E-state index in [1.807, 2.05) is 0 Å². The Kier molecular flexibility index (Phi) is 12.0. The average Bonchev–Trinajstić information content (AvgIpc) is 2.99. The van der Waals surface area contributed by atoms with Gasteiger partial charge in [0, 0.05) is 4.75 Å². The van der Waals surface area contributed by atoms with Gasteiger partial charge < -0.3 is 24.8 Å². The van der Waals surface area contributed by atoms with E-state index in [9.17, 15) is 0 Å². The summed E-state index contributed by atoms with van der Waals surface area (Å²) in [6, 6.07) is 0. The number of allylic oxidation sites excluding steroid dienone is 7. The van der Waals surface area contributed by atoms with Gasteiger partial charge in [-0.05, 0) is 39.1 Å². The van der Waals surface area contributed by atoms with Crippen LogP contribution in [0.2, 0.25) is 0 Å². The average molecular weight is 490 g/mol. The third-order valence-electron chi connectivity index (χ3n) is 5.83. The fourth-order valence-electron chi connectivity index (χ4n) is 4.34. The van der Waals surface area contributed by atoms with Gasteiger partial charge in [0.25, 0.3) is 0 Å². The van der Waals surface area contributed by atoms with Crippen LogP contribution < -0.4 is 24.8 Å². The van der Waals surface area contributed by atoms with Crippen LogP contribution in [0.3, 0.4) is 0 Å². The fourth-order valence-corrected chi connectivity index (χ4v) is 6.23. The van der Waals surface area contributed by atoms with Crippen LogP contribution >= 0.6 is 11.8 Å². The Balaban J connectivity index is 0. The summed E-state index contributed by atoms with van der Waals surface area (Å²) in [7, 11) is 0. The van der Waals surface area contributed by atoms with Crippen LogP contribution in [0.1, 0.15) is 82.1 Å². The predicted molar refractivity (Wildman–Crippen MR) is 119 cm³/mol. The van der Waals surface area contributed by atoms with Gasteiger partial charge in [0.05, 0.1) is 0 Å². The monoisotopic (exact) mass is 489 g/mol. The number of halogens is 2. The van der Waals surface area contributed by atoms with Crippen LogP contribution in [0.25, 0.3) is 0 Å². The van der Waals surface area contributed by atoms with Gasteiger partial charge in [-0.15, -0.1) is 18.2 Å². The first-order valence-corrected chi connectivity index (χ1v) is 11.0. The van der Waals surface area contributed by atoms with Crippen molar-refractivity contribution in [1.82, 2.24) is 0 Å². The first-order chi connectivity index (χ1) is 11.7. The van der Waals surface area contributed by atoms with E-state index >= 15 is 0 Å². The molecule has 163 valence electrons. The van der Waals surface area contributed by atoms with E-state index < -0.39 is 0 Å². The molecule has 1 radical (unpaired) electrons. The molecule has 0 aromatic rings. The van der Waals surface area contributed by atoms with Crippen molar-refractivity contribution in [2.75, 3.05) is 0 Å². The molecule has 4 heteroatoms. The molecule has 0 saturated heterocycles. The zero-order valence-electron chi connectivity index (χ0n) is 20.0. The largest absolute Gasteiger partial charge is 3.00 e. The standard InChI is InChI=1S/C25H39S.2ClH.Ti/c1-18(2)26-25(24(9,10)19-13-11-12-14-19)16-15-20(22(3,4)5)17-21(25)23(6,7)8;;;/h11,13,15,17-18H,12,16H2,1-10H3;2*1H;/q-1;;;+3/p-2. The van der Waals surface area contributed by atoms with Gasteiger partial charge in [0.15, 0.2) is 0 Å². The third-order valence-corrected chi connectivity index (χ3v) is 7.60. The summed E-state index contributed by atoms with van der Waals surface area (Å²) in [5.41, 5.74) is 4.82. The molecule has 0 spiro atoms. The molecule has 2 aliphatic carbocycles. The van der Waals surface area contributed by atoms with Crippen LogP contribution in [-0.4, -0.2) is 10.00 Å². The summed E-state index contributed by atoms with van der Waals surface area (Å²) in [5, 5.41) is 0.579. The van der Waals surface area contributed by atoms with Gasteiger partial charge in [-0.25, -0.2) is 11.6 Å². The van der Waals surface area contributed by atoms with Crippen molar-refractivity contribution in [3.8, 4) is 0 Å². The number of rotatable bonds is 4. The molecule has 29 heavy (non-hydrogen) atoms. The molecule has 0 aliphatic heterocycles. The Labute approximate surface area is 212 Å².